The predicted octanol–water partition coefficient (Wildman–Crippen LogP) is 6.08. The van der Waals surface area contributed by atoms with Crippen molar-refractivity contribution < 1.29 is 59.4 Å². The molecule has 0 bridgehead atoms. The molecule has 1 aliphatic rings. The van der Waals surface area contributed by atoms with Crippen LogP contribution in [0.2, 0.25) is 0 Å². The van der Waals surface area contributed by atoms with E-state index in [0.717, 1.165) is 36.5 Å². The van der Waals surface area contributed by atoms with E-state index in [-0.39, 0.29) is 33.4 Å². The van der Waals surface area contributed by atoms with Gasteiger partial charge >= 0.3 is 0 Å². The van der Waals surface area contributed by atoms with Crippen LogP contribution >= 0.6 is 0 Å². The Morgan fingerprint density at radius 1 is 0.222 bits per heavy atom. The second-order valence-electron chi connectivity index (χ2n) is 16.9. The molecule has 6 aromatic rings. The van der Waals surface area contributed by atoms with Gasteiger partial charge in [0.05, 0.1) is 0 Å². The zero-order chi connectivity index (χ0) is 51.6. The minimum atomic E-state index is -4.85. The minimum absolute atomic E-state index is 0.204. The highest BCUT2D eigenvalue weighted by Crippen LogP contribution is 2.61. The molecule has 0 unspecified atom stereocenters. The Morgan fingerprint density at radius 2 is 0.333 bits per heavy atom. The molecule has 12 heteroatoms. The SMILES string of the molecule is O=C(/C=C/c1ccccc1)C1(O)C(O)(C(=O)/C=C/c2ccccc2)C(O)(C(=O)/C=C/c2ccccc2)C(O)(C(=O)/C=C/c2ccccc2)C(O)(C(=O)/C=C/c2ccccc2)C1(O)C(=O)/C=C/c1ccccc1. The van der Waals surface area contributed by atoms with Gasteiger partial charge in [-0.15, -0.1) is 0 Å². The molecule has 6 aromatic carbocycles. The molecule has 0 amide bonds. The van der Waals surface area contributed by atoms with E-state index in [4.69, 9.17) is 0 Å². The van der Waals surface area contributed by atoms with E-state index in [9.17, 15) is 30.6 Å². The molecule has 0 spiro atoms. The van der Waals surface area contributed by atoms with E-state index >= 15 is 28.8 Å². The Hall–Kier alpha value is -8.46. The molecule has 0 radical (unpaired) electrons. The number of ketones is 6. The lowest BCUT2D eigenvalue weighted by molar-refractivity contribution is -0.370. The average molecular weight is 961 g/mol. The Morgan fingerprint density at radius 3 is 0.444 bits per heavy atom. The molecule has 0 aromatic heterocycles. The molecule has 7 rings (SSSR count). The third-order valence-corrected chi connectivity index (χ3v) is 12.6. The van der Waals surface area contributed by atoms with Crippen LogP contribution in [0.5, 0.6) is 0 Å². The third-order valence-electron chi connectivity index (χ3n) is 12.6. The quantitative estimate of drug-likeness (QED) is 0.0540. The van der Waals surface area contributed by atoms with E-state index < -0.39 is 68.3 Å². The maximum absolute atomic E-state index is 15.5. The van der Waals surface area contributed by atoms with Gasteiger partial charge in [0.25, 0.3) is 0 Å². The van der Waals surface area contributed by atoms with Crippen LogP contribution in [0.15, 0.2) is 218 Å². The molecule has 1 saturated carbocycles. The van der Waals surface area contributed by atoms with Gasteiger partial charge in [-0.1, -0.05) is 218 Å². The average Bonchev–Trinajstić information content (AvgIpc) is 3.42. The Balaban J connectivity index is 1.68. The van der Waals surface area contributed by atoms with Crippen LogP contribution in [0.3, 0.4) is 0 Å². The fourth-order valence-corrected chi connectivity index (χ4v) is 8.85. The first-order valence-corrected chi connectivity index (χ1v) is 22.5. The van der Waals surface area contributed by atoms with Crippen LogP contribution in [0.4, 0.5) is 0 Å². The fourth-order valence-electron chi connectivity index (χ4n) is 8.85. The lowest BCUT2D eigenvalue weighted by Crippen LogP contribution is -3.02. The number of aliphatic hydroxyl groups is 6. The number of rotatable bonds is 18. The first-order chi connectivity index (χ1) is 34.5. The smallest absolute Gasteiger partial charge is 0.206 e. The van der Waals surface area contributed by atoms with E-state index in [1.165, 1.54) is 72.8 Å². The summed E-state index contributed by atoms with van der Waals surface area (Å²) in [7, 11) is 0. The van der Waals surface area contributed by atoms with Crippen molar-refractivity contribution in [3.05, 3.63) is 252 Å². The Kier molecular flexibility index (Phi) is 15.2. The first kappa shape index (κ1) is 51.4. The predicted molar refractivity (Wildman–Crippen MR) is 273 cm³/mol. The molecule has 0 atom stereocenters. The molecule has 0 aliphatic heterocycles. The molecule has 1 fully saturated rings. The number of carbonyl (C=O) groups is 6. The van der Waals surface area contributed by atoms with Gasteiger partial charge in [-0.2, -0.15) is 0 Å². The lowest BCUT2D eigenvalue weighted by Gasteiger charge is -2.67. The molecule has 6 N–H and O–H groups in total. The summed E-state index contributed by atoms with van der Waals surface area (Å²) in [6.07, 6.45) is 8.76. The van der Waals surface area contributed by atoms with Crippen LogP contribution in [0, 0.1) is 0 Å². The maximum Gasteiger partial charge on any atom is 0.206 e. The summed E-state index contributed by atoms with van der Waals surface area (Å²) in [5, 5.41) is 82.4. The highest BCUT2D eigenvalue weighted by atomic mass is 16.5. The molecule has 0 heterocycles. The van der Waals surface area contributed by atoms with Crippen LogP contribution < -0.4 is 0 Å². The number of hydrogen-bond donors (Lipinski definition) is 6. The largest absolute Gasteiger partial charge is 0.375 e. The van der Waals surface area contributed by atoms with E-state index in [1.54, 1.807) is 109 Å². The summed E-state index contributed by atoms with van der Waals surface area (Å²) in [4.78, 5) is 92.9. The molecular weight excluding hydrogens is 913 g/mol. The van der Waals surface area contributed by atoms with Gasteiger partial charge in [0.2, 0.25) is 33.6 Å². The normalized spacial score (nSPS) is 25.4. The maximum atomic E-state index is 15.5. The summed E-state index contributed by atoms with van der Waals surface area (Å²) in [5.74, 6) is -12.5. The zero-order valence-corrected chi connectivity index (χ0v) is 38.4. The van der Waals surface area contributed by atoms with Crippen LogP contribution in [0.25, 0.3) is 36.5 Å². The highest BCUT2D eigenvalue weighted by Gasteiger charge is 2.97. The monoisotopic (exact) mass is 960 g/mol. The highest BCUT2D eigenvalue weighted by molar-refractivity contribution is 6.27. The van der Waals surface area contributed by atoms with Gasteiger partial charge in [0.1, 0.15) is 0 Å². The zero-order valence-electron chi connectivity index (χ0n) is 38.4. The standard InChI is InChI=1S/C60H48O12/c61-49(37-31-43-19-7-1-8-20-43)55(67)56(68,50(62)38-32-44-21-9-2-10-22-44)58(70,52(64)40-34-46-25-13-4-14-26-46)60(72,54(66)42-36-48-29-17-6-18-30-48)59(71,53(65)41-35-47-27-15-5-16-28-47)57(55,69)51(63)39-33-45-23-11-3-12-24-45/h1-42,67-72H/b37-31+,38-32+,39-33+,40-34+,41-35+,42-36+. The van der Waals surface area contributed by atoms with Crippen molar-refractivity contribution in [2.24, 2.45) is 0 Å². The molecule has 1 aliphatic carbocycles. The van der Waals surface area contributed by atoms with E-state index in [2.05, 4.69) is 0 Å². The molecule has 12 nitrogen and oxygen atoms in total. The fraction of sp³-hybridized carbons (Fsp3) is 0.100. The minimum Gasteiger partial charge on any atom is -0.375 e. The second-order valence-corrected chi connectivity index (χ2v) is 16.9. The molecular formula is C60H48O12. The van der Waals surface area contributed by atoms with Gasteiger partial charge in [0, 0.05) is 0 Å². The summed E-state index contributed by atoms with van der Waals surface area (Å²) in [5.41, 5.74) is -27.9. The van der Waals surface area contributed by atoms with Crippen molar-refractivity contribution in [2.45, 2.75) is 33.6 Å². The summed E-state index contributed by atoms with van der Waals surface area (Å²) in [6, 6.07) is 45.8. The molecule has 72 heavy (non-hydrogen) atoms. The molecule has 360 valence electrons. The second kappa shape index (κ2) is 21.3. The van der Waals surface area contributed by atoms with Crippen molar-refractivity contribution in [1.82, 2.24) is 0 Å². The van der Waals surface area contributed by atoms with Gasteiger partial charge in [0.15, 0.2) is 34.7 Å². The van der Waals surface area contributed by atoms with Gasteiger partial charge in [-0.05, 0) is 69.8 Å². The topological polar surface area (TPSA) is 224 Å². The number of hydrogen-bond acceptors (Lipinski definition) is 12. The van der Waals surface area contributed by atoms with Gasteiger partial charge < -0.3 is 30.6 Å². The lowest BCUT2D eigenvalue weighted by atomic mass is 9.39. The summed E-state index contributed by atoms with van der Waals surface area (Å²) < 4.78 is 0. The third kappa shape index (κ3) is 8.86. The Labute approximate surface area is 414 Å². The van der Waals surface area contributed by atoms with Crippen LogP contribution in [-0.4, -0.2) is 98.9 Å². The van der Waals surface area contributed by atoms with E-state index in [0.29, 0.717) is 36.5 Å². The number of carbonyl (C=O) groups excluding carboxylic acids is 6. The Bertz CT molecular complexity index is 2570. The van der Waals surface area contributed by atoms with Crippen molar-refractivity contribution in [2.75, 3.05) is 0 Å². The van der Waals surface area contributed by atoms with Crippen molar-refractivity contribution in [3.8, 4) is 0 Å². The summed E-state index contributed by atoms with van der Waals surface area (Å²) in [6.45, 7) is 0. The first-order valence-electron chi connectivity index (χ1n) is 22.5. The van der Waals surface area contributed by atoms with Crippen molar-refractivity contribution >= 4 is 71.2 Å². The molecule has 0 saturated heterocycles. The summed E-state index contributed by atoms with van der Waals surface area (Å²) >= 11 is 0. The van der Waals surface area contributed by atoms with Crippen molar-refractivity contribution in [3.63, 3.8) is 0 Å². The van der Waals surface area contributed by atoms with Crippen LogP contribution in [0.1, 0.15) is 33.4 Å². The van der Waals surface area contributed by atoms with Crippen LogP contribution in [-0.2, 0) is 28.8 Å². The van der Waals surface area contributed by atoms with Gasteiger partial charge in [-0.25, -0.2) is 0 Å². The van der Waals surface area contributed by atoms with Crippen molar-refractivity contribution in [1.29, 1.82) is 0 Å². The van der Waals surface area contributed by atoms with E-state index in [1.807, 2.05) is 0 Å². The van der Waals surface area contributed by atoms with Gasteiger partial charge in [-0.3, -0.25) is 28.8 Å². The number of benzene rings is 6.